The van der Waals surface area contributed by atoms with Gasteiger partial charge in [-0.1, -0.05) is 49.3 Å². The minimum atomic E-state index is 1.24. The van der Waals surface area contributed by atoms with E-state index in [4.69, 9.17) is 0 Å². The first-order valence-corrected chi connectivity index (χ1v) is 5.67. The third-order valence-electron chi connectivity index (χ3n) is 2.98. The fraction of sp³-hybridized carbons (Fsp3) is 0.429. The summed E-state index contributed by atoms with van der Waals surface area (Å²) in [6, 6.07) is 8.77. The maximum atomic E-state index is 2.40. The Morgan fingerprint density at radius 3 is 2.86 bits per heavy atom. The molecule has 0 heterocycles. The van der Waals surface area contributed by atoms with E-state index in [0.29, 0.717) is 0 Å². The summed E-state index contributed by atoms with van der Waals surface area (Å²) < 4.78 is 0. The Morgan fingerprint density at radius 1 is 1.14 bits per heavy atom. The van der Waals surface area contributed by atoms with Gasteiger partial charge in [-0.05, 0) is 36.8 Å². The second kappa shape index (κ2) is 4.45. The Hall–Kier alpha value is -1.04. The Morgan fingerprint density at radius 2 is 2.00 bits per heavy atom. The zero-order valence-electron chi connectivity index (χ0n) is 8.92. The van der Waals surface area contributed by atoms with Crippen LogP contribution in [-0.4, -0.2) is 0 Å². The highest BCUT2D eigenvalue weighted by molar-refractivity contribution is 5.59. The molecule has 0 radical (unpaired) electrons. The largest absolute Gasteiger partial charge is 0.0693 e. The van der Waals surface area contributed by atoms with Crippen molar-refractivity contribution in [1.82, 2.24) is 0 Å². The van der Waals surface area contributed by atoms with E-state index < -0.39 is 0 Å². The lowest BCUT2D eigenvalue weighted by molar-refractivity contribution is 0.749. The number of hydrogen-bond donors (Lipinski definition) is 0. The fourth-order valence-corrected chi connectivity index (χ4v) is 2.09. The van der Waals surface area contributed by atoms with Gasteiger partial charge in [0.05, 0.1) is 0 Å². The summed E-state index contributed by atoms with van der Waals surface area (Å²) in [5, 5.41) is 0. The third kappa shape index (κ3) is 2.06. The molecule has 0 atom stereocenters. The molecule has 0 aromatic heterocycles. The summed E-state index contributed by atoms with van der Waals surface area (Å²) in [5.41, 5.74) is 4.61. The van der Waals surface area contributed by atoms with E-state index in [0.717, 1.165) is 0 Å². The highest BCUT2D eigenvalue weighted by atomic mass is 14.1. The molecule has 0 N–H and O–H groups in total. The molecule has 14 heavy (non-hydrogen) atoms. The van der Waals surface area contributed by atoms with E-state index in [-0.39, 0.29) is 0 Å². The van der Waals surface area contributed by atoms with Crippen LogP contribution < -0.4 is 0 Å². The van der Waals surface area contributed by atoms with Crippen LogP contribution in [0.4, 0.5) is 0 Å². The highest BCUT2D eigenvalue weighted by Crippen LogP contribution is 2.26. The number of hydrogen-bond acceptors (Lipinski definition) is 0. The molecule has 0 heteroatoms. The molecule has 0 unspecified atom stereocenters. The van der Waals surface area contributed by atoms with Gasteiger partial charge in [-0.3, -0.25) is 0 Å². The predicted octanol–water partition coefficient (Wildman–Crippen LogP) is 4.21. The van der Waals surface area contributed by atoms with Crippen LogP contribution in [0.1, 0.15) is 43.7 Å². The molecule has 0 amide bonds. The Balaban J connectivity index is 2.14. The quantitative estimate of drug-likeness (QED) is 0.663. The van der Waals surface area contributed by atoms with E-state index in [1.165, 1.54) is 43.2 Å². The van der Waals surface area contributed by atoms with Gasteiger partial charge in [0.25, 0.3) is 0 Å². The van der Waals surface area contributed by atoms with Crippen molar-refractivity contribution in [2.75, 3.05) is 0 Å². The summed E-state index contributed by atoms with van der Waals surface area (Å²) in [7, 11) is 0. The van der Waals surface area contributed by atoms with Crippen molar-refractivity contribution < 1.29 is 0 Å². The molecule has 1 aliphatic carbocycles. The van der Waals surface area contributed by atoms with Gasteiger partial charge >= 0.3 is 0 Å². The van der Waals surface area contributed by atoms with Crippen molar-refractivity contribution in [3.63, 3.8) is 0 Å². The second-order valence-electron chi connectivity index (χ2n) is 4.10. The molecule has 0 fully saturated rings. The Kier molecular flexibility index (Phi) is 3.03. The average Bonchev–Trinajstić information content (AvgIpc) is 2.26. The summed E-state index contributed by atoms with van der Waals surface area (Å²) >= 11 is 0. The molecular weight excluding hydrogens is 168 g/mol. The van der Waals surface area contributed by atoms with E-state index in [9.17, 15) is 0 Å². The van der Waals surface area contributed by atoms with Crippen molar-refractivity contribution in [2.45, 2.75) is 39.0 Å². The summed E-state index contributed by atoms with van der Waals surface area (Å²) in [4.78, 5) is 0. The SMILES string of the molecule is CCCCC1=Cc2ccccc2CC1. The predicted molar refractivity (Wildman–Crippen MR) is 62.3 cm³/mol. The monoisotopic (exact) mass is 186 g/mol. The number of rotatable bonds is 3. The standard InChI is InChI=1S/C14H18/c1-2-3-6-12-9-10-13-7-4-5-8-14(13)11-12/h4-5,7-8,11H,2-3,6,9-10H2,1H3. The normalized spacial score (nSPS) is 14.8. The van der Waals surface area contributed by atoms with Gasteiger partial charge in [0.15, 0.2) is 0 Å². The van der Waals surface area contributed by atoms with Crippen LogP contribution in [0.2, 0.25) is 0 Å². The minimum Gasteiger partial charge on any atom is -0.0693 e. The molecule has 0 nitrogen and oxygen atoms in total. The first-order chi connectivity index (χ1) is 6.90. The van der Waals surface area contributed by atoms with Crippen molar-refractivity contribution in [1.29, 1.82) is 0 Å². The van der Waals surface area contributed by atoms with Gasteiger partial charge in [-0.2, -0.15) is 0 Å². The number of unbranched alkanes of at least 4 members (excludes halogenated alkanes) is 1. The van der Waals surface area contributed by atoms with Gasteiger partial charge in [-0.25, -0.2) is 0 Å². The Labute approximate surface area is 86.7 Å². The average molecular weight is 186 g/mol. The van der Waals surface area contributed by atoms with Gasteiger partial charge in [0.1, 0.15) is 0 Å². The van der Waals surface area contributed by atoms with E-state index in [1.54, 1.807) is 5.57 Å². The van der Waals surface area contributed by atoms with Gasteiger partial charge in [0.2, 0.25) is 0 Å². The maximum Gasteiger partial charge on any atom is -0.0225 e. The van der Waals surface area contributed by atoms with Crippen LogP contribution in [0.3, 0.4) is 0 Å². The number of allylic oxidation sites excluding steroid dienone is 1. The van der Waals surface area contributed by atoms with Crippen LogP contribution in [0.5, 0.6) is 0 Å². The third-order valence-corrected chi connectivity index (χ3v) is 2.98. The lowest BCUT2D eigenvalue weighted by Gasteiger charge is -2.15. The molecule has 0 bridgehead atoms. The number of benzene rings is 1. The lowest BCUT2D eigenvalue weighted by Crippen LogP contribution is -1.98. The van der Waals surface area contributed by atoms with Gasteiger partial charge in [-0.15, -0.1) is 0 Å². The number of fused-ring (bicyclic) bond motifs is 1. The first-order valence-electron chi connectivity index (χ1n) is 5.67. The minimum absolute atomic E-state index is 1.24. The van der Waals surface area contributed by atoms with E-state index >= 15 is 0 Å². The van der Waals surface area contributed by atoms with E-state index in [2.05, 4.69) is 37.3 Å². The molecule has 0 aliphatic heterocycles. The van der Waals surface area contributed by atoms with Crippen LogP contribution in [0.15, 0.2) is 29.8 Å². The zero-order valence-corrected chi connectivity index (χ0v) is 8.92. The molecule has 1 aromatic carbocycles. The Bertz CT molecular complexity index is 334. The molecule has 74 valence electrons. The van der Waals surface area contributed by atoms with Crippen LogP contribution in [0, 0.1) is 0 Å². The van der Waals surface area contributed by atoms with Crippen molar-refractivity contribution >= 4 is 6.08 Å². The molecule has 0 spiro atoms. The maximum absolute atomic E-state index is 2.40. The highest BCUT2D eigenvalue weighted by Gasteiger charge is 2.08. The summed E-state index contributed by atoms with van der Waals surface area (Å²) in [6.45, 7) is 2.26. The second-order valence-corrected chi connectivity index (χ2v) is 4.10. The van der Waals surface area contributed by atoms with Crippen molar-refractivity contribution in [2.24, 2.45) is 0 Å². The first kappa shape index (κ1) is 9.51. The van der Waals surface area contributed by atoms with Crippen LogP contribution in [-0.2, 0) is 6.42 Å². The molecule has 1 aliphatic rings. The van der Waals surface area contributed by atoms with E-state index in [1.807, 2.05) is 0 Å². The molecular formula is C14H18. The van der Waals surface area contributed by atoms with Crippen molar-refractivity contribution in [3.8, 4) is 0 Å². The van der Waals surface area contributed by atoms with Crippen LogP contribution >= 0.6 is 0 Å². The van der Waals surface area contributed by atoms with Crippen molar-refractivity contribution in [3.05, 3.63) is 41.0 Å². The summed E-state index contributed by atoms with van der Waals surface area (Å²) in [6.07, 6.45) is 8.86. The van der Waals surface area contributed by atoms with Crippen LogP contribution in [0.25, 0.3) is 6.08 Å². The van der Waals surface area contributed by atoms with Gasteiger partial charge < -0.3 is 0 Å². The van der Waals surface area contributed by atoms with Gasteiger partial charge in [0, 0.05) is 0 Å². The summed E-state index contributed by atoms with van der Waals surface area (Å²) in [5.74, 6) is 0. The topological polar surface area (TPSA) is 0 Å². The molecule has 0 saturated heterocycles. The molecule has 2 rings (SSSR count). The molecule has 1 aromatic rings. The lowest BCUT2D eigenvalue weighted by atomic mass is 9.90. The molecule has 0 saturated carbocycles. The zero-order chi connectivity index (χ0) is 9.80. The smallest absolute Gasteiger partial charge is 0.0225 e. The number of aryl methyl sites for hydroxylation is 1. The fourth-order valence-electron chi connectivity index (χ4n) is 2.09.